The van der Waals surface area contributed by atoms with E-state index in [4.69, 9.17) is 4.74 Å². The molecule has 0 amide bonds. The first-order valence-corrected chi connectivity index (χ1v) is 9.80. The van der Waals surface area contributed by atoms with Crippen molar-refractivity contribution in [3.8, 4) is 0 Å². The number of morpholine rings is 1. The van der Waals surface area contributed by atoms with Gasteiger partial charge in [0.25, 0.3) is 0 Å². The summed E-state index contributed by atoms with van der Waals surface area (Å²) in [4.78, 5) is 2.52. The maximum Gasteiger partial charge on any atom is 0.0711 e. The molecule has 1 aliphatic rings. The van der Waals surface area contributed by atoms with Gasteiger partial charge in [0, 0.05) is 31.7 Å². The summed E-state index contributed by atoms with van der Waals surface area (Å²) in [7, 11) is 0. The van der Waals surface area contributed by atoms with Crippen molar-refractivity contribution < 1.29 is 4.74 Å². The molecule has 1 N–H and O–H groups in total. The summed E-state index contributed by atoms with van der Waals surface area (Å²) < 4.78 is 6.16. The fourth-order valence-electron chi connectivity index (χ4n) is 3.93. The van der Waals surface area contributed by atoms with Gasteiger partial charge in [-0.25, -0.2) is 0 Å². The minimum Gasteiger partial charge on any atom is -0.376 e. The van der Waals surface area contributed by atoms with Crippen molar-refractivity contribution in [3.05, 3.63) is 89.7 Å². The number of ether oxygens (including phenoxy) is 1. The van der Waals surface area contributed by atoms with Crippen LogP contribution in [0.25, 0.3) is 0 Å². The Morgan fingerprint density at radius 3 is 2.37 bits per heavy atom. The summed E-state index contributed by atoms with van der Waals surface area (Å²) >= 11 is 0. The molecule has 0 spiro atoms. The van der Waals surface area contributed by atoms with Gasteiger partial charge in [0.2, 0.25) is 0 Å². The molecule has 0 bridgehead atoms. The quantitative estimate of drug-likeness (QED) is 0.694. The summed E-state index contributed by atoms with van der Waals surface area (Å²) in [5.41, 5.74) is 4.00. The predicted octanol–water partition coefficient (Wildman–Crippen LogP) is 3.88. The first-order valence-electron chi connectivity index (χ1n) is 9.80. The monoisotopic (exact) mass is 361 g/mol. The number of hydrogen-bond acceptors (Lipinski definition) is 3. The van der Waals surface area contributed by atoms with Gasteiger partial charge in [-0.05, 0) is 29.5 Å². The van der Waals surface area contributed by atoms with Crippen LogP contribution in [-0.2, 0) is 11.2 Å². The number of H-pyrrole nitrogens is 1. The molecule has 1 fully saturated rings. The molecular weight excluding hydrogens is 334 g/mol. The van der Waals surface area contributed by atoms with E-state index in [1.165, 1.54) is 16.7 Å². The lowest BCUT2D eigenvalue weighted by Crippen LogP contribution is -2.43. The molecular formula is C23H27N3O. The molecule has 0 unspecified atom stereocenters. The molecule has 2 heterocycles. The number of rotatable bonds is 7. The summed E-state index contributed by atoms with van der Waals surface area (Å²) in [5.74, 6) is 0.367. The largest absolute Gasteiger partial charge is 0.376 e. The molecule has 4 rings (SSSR count). The molecule has 1 saturated heterocycles. The maximum atomic E-state index is 6.16. The predicted molar refractivity (Wildman–Crippen MR) is 108 cm³/mol. The average molecular weight is 361 g/mol. The van der Waals surface area contributed by atoms with Gasteiger partial charge in [0.15, 0.2) is 0 Å². The zero-order valence-corrected chi connectivity index (χ0v) is 15.6. The van der Waals surface area contributed by atoms with Crippen LogP contribution in [0.5, 0.6) is 0 Å². The van der Waals surface area contributed by atoms with Gasteiger partial charge in [-0.2, -0.15) is 5.10 Å². The highest BCUT2D eigenvalue weighted by Gasteiger charge is 2.25. The molecule has 4 heteroatoms. The highest BCUT2D eigenvalue weighted by molar-refractivity contribution is 5.32. The molecule has 1 aliphatic heterocycles. The summed E-state index contributed by atoms with van der Waals surface area (Å²) in [6.07, 6.45) is 6.20. The van der Waals surface area contributed by atoms with Crippen molar-refractivity contribution >= 4 is 0 Å². The van der Waals surface area contributed by atoms with Gasteiger partial charge in [-0.15, -0.1) is 0 Å². The lowest BCUT2D eigenvalue weighted by Gasteiger charge is -2.35. The van der Waals surface area contributed by atoms with Gasteiger partial charge in [-0.3, -0.25) is 10.00 Å². The molecule has 140 valence electrons. The Balaban J connectivity index is 1.43. The third-order valence-electron chi connectivity index (χ3n) is 5.40. The number of aromatic amines is 1. The maximum absolute atomic E-state index is 6.16. The van der Waals surface area contributed by atoms with Gasteiger partial charge in [0.05, 0.1) is 18.9 Å². The second-order valence-electron chi connectivity index (χ2n) is 7.26. The highest BCUT2D eigenvalue weighted by atomic mass is 16.5. The molecule has 0 aliphatic carbocycles. The summed E-state index contributed by atoms with van der Waals surface area (Å²) in [6, 6.07) is 21.6. The van der Waals surface area contributed by atoms with Crippen LogP contribution in [0, 0.1) is 0 Å². The van der Waals surface area contributed by atoms with Crippen molar-refractivity contribution in [2.45, 2.75) is 24.9 Å². The van der Waals surface area contributed by atoms with Crippen LogP contribution in [-0.4, -0.2) is 47.4 Å². The molecule has 4 nitrogen and oxygen atoms in total. The Morgan fingerprint density at radius 2 is 1.74 bits per heavy atom. The van der Waals surface area contributed by atoms with E-state index in [1.807, 2.05) is 12.4 Å². The zero-order valence-electron chi connectivity index (χ0n) is 15.6. The van der Waals surface area contributed by atoms with E-state index < -0.39 is 0 Å². The standard InChI is InChI=1S/C23H27N3O/c1-3-7-20(8-4-1)23(21-9-5-2-6-10-21)15-22-18-26(13-14-27-22)12-11-19-16-24-25-17-19/h1-10,16-17,22-23H,11-15,18H2,(H,24,25)/t22-/m0/s1. The van der Waals surface area contributed by atoms with Crippen LogP contribution in [0.3, 0.4) is 0 Å². The average Bonchev–Trinajstić information content (AvgIpc) is 3.26. The van der Waals surface area contributed by atoms with Crippen LogP contribution < -0.4 is 0 Å². The molecule has 0 saturated carbocycles. The van der Waals surface area contributed by atoms with Gasteiger partial charge in [-0.1, -0.05) is 60.7 Å². The SMILES string of the molecule is c1ccc(C(C[C@H]2CN(CCc3cn[nH]c3)CCO2)c2ccccc2)cc1. The van der Waals surface area contributed by atoms with Crippen LogP contribution in [0.2, 0.25) is 0 Å². The fourth-order valence-corrected chi connectivity index (χ4v) is 3.93. The van der Waals surface area contributed by atoms with Crippen molar-refractivity contribution in [1.82, 2.24) is 15.1 Å². The van der Waals surface area contributed by atoms with Gasteiger partial charge in [0.1, 0.15) is 0 Å². The second kappa shape index (κ2) is 8.98. The number of benzene rings is 2. The van der Waals surface area contributed by atoms with E-state index in [9.17, 15) is 0 Å². The lowest BCUT2D eigenvalue weighted by molar-refractivity contribution is -0.0332. The smallest absolute Gasteiger partial charge is 0.0711 e. The topological polar surface area (TPSA) is 41.2 Å². The van der Waals surface area contributed by atoms with Crippen LogP contribution in [0.15, 0.2) is 73.1 Å². The molecule has 3 aromatic rings. The Bertz CT molecular complexity index is 750. The van der Waals surface area contributed by atoms with Crippen LogP contribution in [0.1, 0.15) is 29.0 Å². The molecule has 1 atom stereocenters. The van der Waals surface area contributed by atoms with Gasteiger partial charge < -0.3 is 4.74 Å². The van der Waals surface area contributed by atoms with Crippen LogP contribution >= 0.6 is 0 Å². The van der Waals surface area contributed by atoms with E-state index in [0.717, 1.165) is 39.1 Å². The van der Waals surface area contributed by atoms with Crippen molar-refractivity contribution in [2.75, 3.05) is 26.2 Å². The number of aromatic nitrogens is 2. The Hall–Kier alpha value is -2.43. The number of hydrogen-bond donors (Lipinski definition) is 1. The van der Waals surface area contributed by atoms with Crippen molar-refractivity contribution in [2.24, 2.45) is 0 Å². The zero-order chi connectivity index (χ0) is 18.3. The minimum atomic E-state index is 0.258. The first kappa shape index (κ1) is 18.0. The van der Waals surface area contributed by atoms with E-state index >= 15 is 0 Å². The molecule has 2 aromatic carbocycles. The summed E-state index contributed by atoms with van der Waals surface area (Å²) in [6.45, 7) is 3.87. The Morgan fingerprint density at radius 1 is 1.04 bits per heavy atom. The van der Waals surface area contributed by atoms with Crippen molar-refractivity contribution in [1.29, 1.82) is 0 Å². The molecule has 27 heavy (non-hydrogen) atoms. The van der Waals surface area contributed by atoms with E-state index in [-0.39, 0.29) is 6.10 Å². The fraction of sp³-hybridized carbons (Fsp3) is 0.348. The minimum absolute atomic E-state index is 0.258. The third-order valence-corrected chi connectivity index (χ3v) is 5.40. The number of nitrogens with one attached hydrogen (secondary N) is 1. The summed E-state index contributed by atoms with van der Waals surface area (Å²) in [5, 5.41) is 6.93. The first-order chi connectivity index (χ1) is 13.4. The normalized spacial score (nSPS) is 18.0. The lowest BCUT2D eigenvalue weighted by atomic mass is 9.86. The molecule has 0 radical (unpaired) electrons. The van der Waals surface area contributed by atoms with Gasteiger partial charge >= 0.3 is 0 Å². The van der Waals surface area contributed by atoms with E-state index in [2.05, 4.69) is 75.8 Å². The van der Waals surface area contributed by atoms with Crippen molar-refractivity contribution in [3.63, 3.8) is 0 Å². The number of nitrogens with zero attached hydrogens (tertiary/aromatic N) is 2. The Kier molecular flexibility index (Phi) is 5.97. The highest BCUT2D eigenvalue weighted by Crippen LogP contribution is 2.30. The van der Waals surface area contributed by atoms with E-state index in [0.29, 0.717) is 5.92 Å². The third kappa shape index (κ3) is 4.85. The molecule has 1 aromatic heterocycles. The Labute approximate surface area is 161 Å². The second-order valence-corrected chi connectivity index (χ2v) is 7.26. The van der Waals surface area contributed by atoms with E-state index in [1.54, 1.807) is 0 Å². The van der Waals surface area contributed by atoms with Crippen LogP contribution in [0.4, 0.5) is 0 Å².